The minimum absolute atomic E-state index is 0.0602. The first-order chi connectivity index (χ1) is 13.4. The van der Waals surface area contributed by atoms with E-state index in [0.717, 1.165) is 10.8 Å². The Bertz CT molecular complexity index is 934. The van der Waals surface area contributed by atoms with E-state index in [-0.39, 0.29) is 42.9 Å². The maximum Gasteiger partial charge on any atom is 0.262 e. The molecule has 7 nitrogen and oxygen atoms in total. The van der Waals surface area contributed by atoms with E-state index in [1.165, 1.54) is 24.5 Å². The van der Waals surface area contributed by atoms with E-state index in [9.17, 15) is 13.2 Å². The number of alkyl halides is 1. The van der Waals surface area contributed by atoms with E-state index < -0.39 is 15.9 Å². The topological polar surface area (TPSA) is 97.4 Å². The summed E-state index contributed by atoms with van der Waals surface area (Å²) in [5, 5.41) is 2.79. The molecule has 1 heterocycles. The Labute approximate surface area is 175 Å². The van der Waals surface area contributed by atoms with Gasteiger partial charge in [0.1, 0.15) is 10.6 Å². The second-order valence-corrected chi connectivity index (χ2v) is 9.83. The lowest BCUT2D eigenvalue weighted by Crippen LogP contribution is -2.33. The number of ether oxygens (including phenoxy) is 1. The Balaban J connectivity index is 2.25. The monoisotopic (exact) mass is 517 g/mol. The number of nitrogens with zero attached hydrogens (tertiary/aromatic N) is 1. The molecule has 2 N–H and O–H groups in total. The number of aromatic nitrogens is 1. The summed E-state index contributed by atoms with van der Waals surface area (Å²) in [4.78, 5) is 16.4. The molecular weight excluding hydrogens is 493 g/mol. The zero-order chi connectivity index (χ0) is 20.6. The van der Waals surface area contributed by atoms with Gasteiger partial charge < -0.3 is 10.1 Å². The van der Waals surface area contributed by atoms with Crippen molar-refractivity contribution in [2.75, 3.05) is 15.8 Å². The summed E-state index contributed by atoms with van der Waals surface area (Å²) in [5.74, 6) is 0.0439. The standard InChI is InChI=1S/C19H24IN3O4S/c1-4-14(2)22-19(24)17-7-5-6-8-18(17)28(25,26)23-15-11-16(13-21-12-15)27-10-9-20-3/h5-8,11-14,23H,3-4,9-10H2,1-2H3,(H,22,24)/t14-/m0/s1. The number of nitrogens with one attached hydrogen (secondary N) is 2. The fourth-order valence-electron chi connectivity index (χ4n) is 2.27. The molecule has 0 unspecified atom stereocenters. The lowest BCUT2D eigenvalue weighted by atomic mass is 10.2. The van der Waals surface area contributed by atoms with Crippen molar-refractivity contribution in [1.82, 2.24) is 10.3 Å². The van der Waals surface area contributed by atoms with E-state index in [1.54, 1.807) is 18.2 Å². The van der Waals surface area contributed by atoms with Gasteiger partial charge in [-0.3, -0.25) is 14.5 Å². The number of anilines is 1. The number of carbonyl (C=O) groups excluding carboxylic acids is 1. The van der Waals surface area contributed by atoms with Gasteiger partial charge in [0.2, 0.25) is 0 Å². The molecule has 0 saturated heterocycles. The lowest BCUT2D eigenvalue weighted by molar-refractivity contribution is 0.0936. The number of halogens is 1. The minimum atomic E-state index is -3.98. The number of sulfonamides is 1. The van der Waals surface area contributed by atoms with Crippen LogP contribution >= 0.6 is 20.7 Å². The predicted octanol–water partition coefficient (Wildman–Crippen LogP) is 3.19. The summed E-state index contributed by atoms with van der Waals surface area (Å²) in [6.07, 6.45) is 3.65. The van der Waals surface area contributed by atoms with Crippen molar-refractivity contribution in [3.8, 4) is 5.75 Å². The van der Waals surface area contributed by atoms with Crippen molar-refractivity contribution in [2.24, 2.45) is 0 Å². The summed E-state index contributed by atoms with van der Waals surface area (Å²) >= 11 is -0.116. The summed E-state index contributed by atoms with van der Waals surface area (Å²) in [6, 6.07) is 7.61. The molecule has 28 heavy (non-hydrogen) atoms. The van der Waals surface area contributed by atoms with Gasteiger partial charge >= 0.3 is 0 Å². The van der Waals surface area contributed by atoms with Gasteiger partial charge in [0.15, 0.2) is 0 Å². The van der Waals surface area contributed by atoms with Gasteiger partial charge in [0.25, 0.3) is 15.9 Å². The van der Waals surface area contributed by atoms with Crippen LogP contribution in [0.4, 0.5) is 5.69 Å². The van der Waals surface area contributed by atoms with Crippen molar-refractivity contribution in [1.29, 1.82) is 0 Å². The molecule has 0 radical (unpaired) electrons. The maximum atomic E-state index is 12.9. The highest BCUT2D eigenvalue weighted by Crippen LogP contribution is 2.22. The molecule has 1 amide bonds. The average Bonchev–Trinajstić information content (AvgIpc) is 2.68. The first-order valence-corrected chi connectivity index (χ1v) is 13.2. The second kappa shape index (κ2) is 10.5. The molecule has 0 saturated carbocycles. The summed E-state index contributed by atoms with van der Waals surface area (Å²) in [6.45, 7) is 4.32. The molecule has 0 spiro atoms. The molecule has 1 aromatic heterocycles. The van der Waals surface area contributed by atoms with Crippen LogP contribution in [0.15, 0.2) is 47.6 Å². The van der Waals surface area contributed by atoms with Crippen LogP contribution in [0, 0.1) is 0 Å². The van der Waals surface area contributed by atoms with Crippen LogP contribution in [0.25, 0.3) is 0 Å². The van der Waals surface area contributed by atoms with E-state index >= 15 is 0 Å². The van der Waals surface area contributed by atoms with E-state index in [0.29, 0.717) is 12.4 Å². The molecule has 0 aliphatic carbocycles. The number of hydrogen-bond donors (Lipinski definition) is 2. The van der Waals surface area contributed by atoms with Crippen LogP contribution in [-0.2, 0) is 10.0 Å². The molecule has 1 atom stereocenters. The third-order valence-electron chi connectivity index (χ3n) is 3.86. The number of hydrogen-bond acceptors (Lipinski definition) is 5. The average molecular weight is 517 g/mol. The van der Waals surface area contributed by atoms with E-state index in [2.05, 4.69) is 19.5 Å². The predicted molar refractivity (Wildman–Crippen MR) is 120 cm³/mol. The highest BCUT2D eigenvalue weighted by molar-refractivity contribution is 14.2. The van der Waals surface area contributed by atoms with Gasteiger partial charge in [-0.15, -0.1) is 20.7 Å². The second-order valence-electron chi connectivity index (χ2n) is 6.02. The van der Waals surface area contributed by atoms with Gasteiger partial charge in [-0.25, -0.2) is 8.42 Å². The molecule has 0 aliphatic rings. The molecule has 152 valence electrons. The molecule has 9 heteroatoms. The number of amides is 1. The van der Waals surface area contributed by atoms with Crippen molar-refractivity contribution in [2.45, 2.75) is 31.2 Å². The zero-order valence-electron chi connectivity index (χ0n) is 15.8. The fourth-order valence-corrected chi connectivity index (χ4v) is 4.04. The fraction of sp³-hybridized carbons (Fsp3) is 0.316. The highest BCUT2D eigenvalue weighted by Gasteiger charge is 2.23. The Morgan fingerprint density at radius 1 is 1.32 bits per heavy atom. The Morgan fingerprint density at radius 2 is 2.07 bits per heavy atom. The van der Waals surface area contributed by atoms with Crippen molar-refractivity contribution < 1.29 is 17.9 Å². The van der Waals surface area contributed by atoms with E-state index in [1.807, 2.05) is 13.8 Å². The van der Waals surface area contributed by atoms with Crippen LogP contribution in [0.5, 0.6) is 5.75 Å². The SMILES string of the molecule is C=ICCOc1cncc(NS(=O)(=O)c2ccccc2C(=O)N[C@@H](C)CC)c1. The van der Waals surface area contributed by atoms with Crippen LogP contribution in [0.2, 0.25) is 0 Å². The van der Waals surface area contributed by atoms with Crippen LogP contribution in [-0.4, -0.2) is 40.9 Å². The molecule has 2 rings (SSSR count). The van der Waals surface area contributed by atoms with Gasteiger partial charge in [0, 0.05) is 16.5 Å². The first-order valence-electron chi connectivity index (χ1n) is 8.70. The molecule has 1 aromatic carbocycles. The van der Waals surface area contributed by atoms with Crippen LogP contribution < -0.4 is 14.8 Å². The Morgan fingerprint density at radius 3 is 2.79 bits per heavy atom. The van der Waals surface area contributed by atoms with Gasteiger partial charge in [-0.2, -0.15) is 0 Å². The molecule has 0 bridgehead atoms. The quantitative estimate of drug-likeness (QED) is 0.287. The number of rotatable bonds is 10. The number of pyridine rings is 1. The highest BCUT2D eigenvalue weighted by atomic mass is 127. The number of benzene rings is 1. The summed E-state index contributed by atoms with van der Waals surface area (Å²) < 4.78 is 38.6. The number of carbonyl (C=O) groups is 1. The third kappa shape index (κ3) is 6.26. The minimum Gasteiger partial charge on any atom is -0.491 e. The third-order valence-corrected chi connectivity index (χ3v) is 6.50. The Hall–Kier alpha value is -2.01. The Kier molecular flexibility index (Phi) is 8.36. The van der Waals surface area contributed by atoms with Gasteiger partial charge in [-0.1, -0.05) is 23.6 Å². The van der Waals surface area contributed by atoms with Crippen molar-refractivity contribution in [3.05, 3.63) is 48.3 Å². The van der Waals surface area contributed by atoms with Crippen LogP contribution in [0.1, 0.15) is 30.6 Å². The molecule has 0 fully saturated rings. The molecule has 0 aliphatic heterocycles. The first kappa shape index (κ1) is 22.3. The van der Waals surface area contributed by atoms with Crippen molar-refractivity contribution in [3.63, 3.8) is 0 Å². The van der Waals surface area contributed by atoms with Gasteiger partial charge in [-0.05, 0) is 25.5 Å². The largest absolute Gasteiger partial charge is 0.491 e. The van der Waals surface area contributed by atoms with Crippen LogP contribution in [0.3, 0.4) is 0 Å². The van der Waals surface area contributed by atoms with Crippen molar-refractivity contribution >= 4 is 46.9 Å². The van der Waals surface area contributed by atoms with Gasteiger partial charge in [0.05, 0.1) is 30.3 Å². The maximum absolute atomic E-state index is 12.9. The zero-order valence-corrected chi connectivity index (χ0v) is 18.8. The normalized spacial score (nSPS) is 12.2. The smallest absolute Gasteiger partial charge is 0.262 e. The molecule has 2 aromatic rings. The molecular formula is C19H24IN3O4S. The summed E-state index contributed by atoms with van der Waals surface area (Å²) in [7, 11) is -3.98. The van der Waals surface area contributed by atoms with E-state index in [4.69, 9.17) is 4.74 Å². The summed E-state index contributed by atoms with van der Waals surface area (Å²) in [5.41, 5.74) is 0.356. The lowest BCUT2D eigenvalue weighted by Gasteiger charge is -2.15.